The third kappa shape index (κ3) is 2.98. The summed E-state index contributed by atoms with van der Waals surface area (Å²) in [6.07, 6.45) is 0. The Bertz CT molecular complexity index is 548. The Labute approximate surface area is 114 Å². The highest BCUT2D eigenvalue weighted by Gasteiger charge is 2.35. The van der Waals surface area contributed by atoms with Crippen LogP contribution >= 0.6 is 12.2 Å². The Morgan fingerprint density at radius 1 is 1.47 bits per heavy atom. The van der Waals surface area contributed by atoms with E-state index in [4.69, 9.17) is 12.2 Å². The van der Waals surface area contributed by atoms with E-state index in [2.05, 4.69) is 10.6 Å². The van der Waals surface area contributed by atoms with Gasteiger partial charge in [0.2, 0.25) is 0 Å². The van der Waals surface area contributed by atoms with Gasteiger partial charge in [-0.1, -0.05) is 0 Å². The average molecular weight is 285 g/mol. The number of nitrogens with one attached hydrogen (secondary N) is 2. The summed E-state index contributed by atoms with van der Waals surface area (Å²) < 4.78 is 26.4. The summed E-state index contributed by atoms with van der Waals surface area (Å²) >= 11 is 5.03. The van der Waals surface area contributed by atoms with E-state index in [1.165, 1.54) is 4.90 Å². The minimum atomic E-state index is -0.702. The number of carbonyl (C=O) groups is 1. The predicted molar refractivity (Wildman–Crippen MR) is 71.9 cm³/mol. The third-order valence-electron chi connectivity index (χ3n) is 2.66. The van der Waals surface area contributed by atoms with Crippen LogP contribution in [0, 0.1) is 11.6 Å². The first-order valence-electron chi connectivity index (χ1n) is 5.64. The lowest BCUT2D eigenvalue weighted by Crippen LogP contribution is -2.37. The van der Waals surface area contributed by atoms with Crippen molar-refractivity contribution in [2.75, 3.05) is 11.9 Å². The number of carbonyl (C=O) groups excluding carboxylic acids is 1. The van der Waals surface area contributed by atoms with Crippen LogP contribution in [0.3, 0.4) is 0 Å². The molecule has 0 aromatic heterocycles. The van der Waals surface area contributed by atoms with E-state index in [1.54, 1.807) is 0 Å². The summed E-state index contributed by atoms with van der Waals surface area (Å²) in [5, 5.41) is 5.53. The Morgan fingerprint density at radius 3 is 2.74 bits per heavy atom. The molecule has 0 radical (unpaired) electrons. The first-order chi connectivity index (χ1) is 8.78. The zero-order valence-corrected chi connectivity index (χ0v) is 11.3. The van der Waals surface area contributed by atoms with Crippen molar-refractivity contribution in [2.24, 2.45) is 0 Å². The van der Waals surface area contributed by atoms with Crippen LogP contribution in [0.1, 0.15) is 13.8 Å². The van der Waals surface area contributed by atoms with E-state index in [-0.39, 0.29) is 16.3 Å². The molecule has 0 aliphatic carbocycles. The quantitative estimate of drug-likeness (QED) is 0.779. The first kappa shape index (κ1) is 13.7. The topological polar surface area (TPSA) is 44.4 Å². The fraction of sp³-hybridized carbons (Fsp3) is 0.333. The lowest BCUT2D eigenvalue weighted by Gasteiger charge is -2.18. The zero-order valence-electron chi connectivity index (χ0n) is 10.5. The molecular formula is C12H13F2N3OS. The van der Waals surface area contributed by atoms with E-state index < -0.39 is 17.7 Å². The van der Waals surface area contributed by atoms with Crippen molar-refractivity contribution in [1.82, 2.24) is 10.2 Å². The number of halogens is 2. The summed E-state index contributed by atoms with van der Waals surface area (Å²) in [7, 11) is 0. The molecule has 7 heteroatoms. The number of thiocarbonyl (C=S) groups is 1. The second kappa shape index (κ2) is 4.73. The molecule has 1 heterocycles. The largest absolute Gasteiger partial charge is 0.355 e. The summed E-state index contributed by atoms with van der Waals surface area (Å²) in [4.78, 5) is 13.3. The molecule has 1 aliphatic rings. The van der Waals surface area contributed by atoms with Gasteiger partial charge in [0.15, 0.2) is 5.11 Å². The van der Waals surface area contributed by atoms with E-state index in [0.29, 0.717) is 6.54 Å². The van der Waals surface area contributed by atoms with E-state index >= 15 is 0 Å². The number of urea groups is 1. The number of nitrogens with zero attached hydrogens (tertiary/aromatic N) is 1. The van der Waals surface area contributed by atoms with Gasteiger partial charge in [-0.2, -0.15) is 0 Å². The smallest absolute Gasteiger partial charge is 0.328 e. The predicted octanol–water partition coefficient (Wildman–Crippen LogP) is 2.47. The molecule has 19 heavy (non-hydrogen) atoms. The van der Waals surface area contributed by atoms with Gasteiger partial charge in [-0.3, -0.25) is 4.90 Å². The number of hydrogen-bond acceptors (Lipinski definition) is 2. The van der Waals surface area contributed by atoms with Crippen molar-refractivity contribution < 1.29 is 13.6 Å². The van der Waals surface area contributed by atoms with Crippen LogP contribution in [0.2, 0.25) is 0 Å². The van der Waals surface area contributed by atoms with Crippen molar-refractivity contribution in [1.29, 1.82) is 0 Å². The molecule has 1 aromatic rings. The molecule has 0 bridgehead atoms. The van der Waals surface area contributed by atoms with Crippen molar-refractivity contribution >= 4 is 29.0 Å². The molecule has 1 fully saturated rings. The summed E-state index contributed by atoms with van der Waals surface area (Å²) in [5.74, 6) is -1.33. The highest BCUT2D eigenvalue weighted by Crippen LogP contribution is 2.19. The van der Waals surface area contributed by atoms with Crippen LogP contribution in [0.25, 0.3) is 0 Å². The lowest BCUT2D eigenvalue weighted by molar-refractivity contribution is 0.233. The molecule has 0 atom stereocenters. The van der Waals surface area contributed by atoms with Crippen molar-refractivity contribution in [3.8, 4) is 0 Å². The van der Waals surface area contributed by atoms with Gasteiger partial charge in [-0.05, 0) is 38.2 Å². The highest BCUT2D eigenvalue weighted by atomic mass is 32.1. The van der Waals surface area contributed by atoms with Crippen molar-refractivity contribution in [3.63, 3.8) is 0 Å². The van der Waals surface area contributed by atoms with Crippen LogP contribution in [0.15, 0.2) is 18.2 Å². The van der Waals surface area contributed by atoms with E-state index in [9.17, 15) is 13.6 Å². The second-order valence-corrected chi connectivity index (χ2v) is 5.34. The van der Waals surface area contributed by atoms with Gasteiger partial charge < -0.3 is 10.6 Å². The Balaban J connectivity index is 2.14. The molecule has 0 spiro atoms. The fourth-order valence-electron chi connectivity index (χ4n) is 1.80. The van der Waals surface area contributed by atoms with E-state index in [0.717, 1.165) is 18.2 Å². The van der Waals surface area contributed by atoms with Gasteiger partial charge in [0.1, 0.15) is 11.6 Å². The number of benzene rings is 1. The first-order valence-corrected chi connectivity index (χ1v) is 6.05. The maximum atomic E-state index is 13.4. The summed E-state index contributed by atoms with van der Waals surface area (Å²) in [6.45, 7) is 4.12. The van der Waals surface area contributed by atoms with Crippen LogP contribution < -0.4 is 10.6 Å². The lowest BCUT2D eigenvalue weighted by atomic mass is 10.1. The Morgan fingerprint density at radius 2 is 2.16 bits per heavy atom. The van der Waals surface area contributed by atoms with Gasteiger partial charge in [-0.15, -0.1) is 0 Å². The summed E-state index contributed by atoms with van der Waals surface area (Å²) in [6, 6.07) is 2.27. The van der Waals surface area contributed by atoms with Crippen LogP contribution in [0.4, 0.5) is 19.3 Å². The molecule has 102 valence electrons. The molecule has 0 saturated carbocycles. The van der Waals surface area contributed by atoms with E-state index in [1.807, 2.05) is 13.8 Å². The number of rotatable bonds is 1. The average Bonchev–Trinajstić information content (AvgIpc) is 2.57. The molecule has 1 saturated heterocycles. The molecular weight excluding hydrogens is 272 g/mol. The monoisotopic (exact) mass is 285 g/mol. The normalized spacial score (nSPS) is 17.3. The van der Waals surface area contributed by atoms with Crippen molar-refractivity contribution in [2.45, 2.75) is 19.4 Å². The minimum Gasteiger partial charge on any atom is -0.355 e. The van der Waals surface area contributed by atoms with Crippen LogP contribution in [-0.4, -0.2) is 28.1 Å². The Hall–Kier alpha value is -1.76. The van der Waals surface area contributed by atoms with Gasteiger partial charge in [0.25, 0.3) is 0 Å². The van der Waals surface area contributed by atoms with Crippen molar-refractivity contribution in [3.05, 3.63) is 29.8 Å². The molecule has 2 N–H and O–H groups in total. The van der Waals surface area contributed by atoms with Crippen LogP contribution in [0.5, 0.6) is 0 Å². The molecule has 2 amide bonds. The fourth-order valence-corrected chi connectivity index (χ4v) is 2.23. The molecule has 4 nitrogen and oxygen atoms in total. The standard InChI is InChI=1S/C12H13F2N3OS/c1-12(2)6-17(11(19)16-12)10(18)15-9-5-7(13)3-4-8(9)14/h3-5H,6H2,1-2H3,(H,15,18)(H,16,19). The minimum absolute atomic E-state index is 0.211. The second-order valence-electron chi connectivity index (χ2n) is 4.95. The van der Waals surface area contributed by atoms with Gasteiger partial charge in [-0.25, -0.2) is 13.6 Å². The van der Waals surface area contributed by atoms with Gasteiger partial charge in [0, 0.05) is 6.07 Å². The summed E-state index contributed by atoms with van der Waals surface area (Å²) in [5.41, 5.74) is -0.549. The Kier molecular flexibility index (Phi) is 3.40. The third-order valence-corrected chi connectivity index (χ3v) is 2.98. The molecule has 0 unspecified atom stereocenters. The van der Waals surface area contributed by atoms with Crippen LogP contribution in [-0.2, 0) is 0 Å². The molecule has 2 rings (SSSR count). The zero-order chi connectivity index (χ0) is 14.2. The molecule has 1 aliphatic heterocycles. The number of anilines is 1. The number of amides is 2. The maximum Gasteiger partial charge on any atom is 0.328 e. The number of hydrogen-bond donors (Lipinski definition) is 2. The van der Waals surface area contributed by atoms with Gasteiger partial charge in [0.05, 0.1) is 17.8 Å². The van der Waals surface area contributed by atoms with Gasteiger partial charge >= 0.3 is 6.03 Å². The maximum absolute atomic E-state index is 13.4. The molecule has 1 aromatic carbocycles. The highest BCUT2D eigenvalue weighted by molar-refractivity contribution is 7.80. The SMILES string of the molecule is CC1(C)CN(C(=O)Nc2cc(F)ccc2F)C(=S)N1.